The Labute approximate surface area is 193 Å². The number of aromatic nitrogens is 1. The number of ether oxygens (including phenoxy) is 2. The lowest BCUT2D eigenvalue weighted by Gasteiger charge is -2.32. The lowest BCUT2D eigenvalue weighted by Crippen LogP contribution is -2.32. The second kappa shape index (κ2) is 8.45. The number of fused-ring (bicyclic) bond motifs is 2. The molecule has 1 aliphatic heterocycles. The number of rotatable bonds is 6. The first kappa shape index (κ1) is 22.7. The van der Waals surface area contributed by atoms with E-state index in [0.29, 0.717) is 29.1 Å². The normalized spacial score (nSPS) is 15.2. The molecule has 0 aliphatic carbocycles. The van der Waals surface area contributed by atoms with Crippen LogP contribution in [0.4, 0.5) is 0 Å². The van der Waals surface area contributed by atoms with Gasteiger partial charge >= 0.3 is 5.97 Å². The molecule has 8 heteroatoms. The SMILES string of the molecule is COC(=O)CCCc1cc2cc(Cl)ccc2n1S(=O)(=O)c1ccc2c(c1)CCC(C)(C)O2. The van der Waals surface area contributed by atoms with Gasteiger partial charge in [-0.25, -0.2) is 12.4 Å². The van der Waals surface area contributed by atoms with E-state index in [4.69, 9.17) is 21.1 Å². The summed E-state index contributed by atoms with van der Waals surface area (Å²) in [4.78, 5) is 11.7. The molecule has 0 fully saturated rings. The van der Waals surface area contributed by atoms with Gasteiger partial charge < -0.3 is 9.47 Å². The molecule has 0 radical (unpaired) electrons. The van der Waals surface area contributed by atoms with E-state index in [1.807, 2.05) is 19.9 Å². The first-order chi connectivity index (χ1) is 15.1. The van der Waals surface area contributed by atoms with Crippen LogP contribution in [0.2, 0.25) is 5.02 Å². The van der Waals surface area contributed by atoms with Crippen molar-refractivity contribution in [1.29, 1.82) is 0 Å². The highest BCUT2D eigenvalue weighted by atomic mass is 35.5. The van der Waals surface area contributed by atoms with Crippen molar-refractivity contribution in [3.05, 3.63) is 58.7 Å². The molecule has 6 nitrogen and oxygen atoms in total. The second-order valence-electron chi connectivity index (χ2n) is 8.67. The Morgan fingerprint density at radius 3 is 2.72 bits per heavy atom. The molecular formula is C24H26ClNO5S. The molecule has 4 rings (SSSR count). The lowest BCUT2D eigenvalue weighted by molar-refractivity contribution is -0.140. The number of esters is 1. The molecule has 32 heavy (non-hydrogen) atoms. The third kappa shape index (κ3) is 4.36. The van der Waals surface area contributed by atoms with Gasteiger partial charge in [0.1, 0.15) is 11.4 Å². The van der Waals surface area contributed by atoms with Gasteiger partial charge in [-0.2, -0.15) is 0 Å². The van der Waals surface area contributed by atoms with Crippen LogP contribution in [0.3, 0.4) is 0 Å². The van der Waals surface area contributed by atoms with E-state index in [1.54, 1.807) is 36.4 Å². The van der Waals surface area contributed by atoms with Crippen LogP contribution < -0.4 is 4.74 Å². The lowest BCUT2D eigenvalue weighted by atomic mass is 9.94. The summed E-state index contributed by atoms with van der Waals surface area (Å²) in [6, 6.07) is 12.0. The van der Waals surface area contributed by atoms with Gasteiger partial charge in [0.2, 0.25) is 0 Å². The molecule has 0 saturated carbocycles. The quantitative estimate of drug-likeness (QED) is 0.462. The van der Waals surface area contributed by atoms with Gasteiger partial charge in [0.15, 0.2) is 0 Å². The summed E-state index contributed by atoms with van der Waals surface area (Å²) in [6.07, 6.45) is 2.65. The van der Waals surface area contributed by atoms with E-state index in [9.17, 15) is 13.2 Å². The van der Waals surface area contributed by atoms with Crippen molar-refractivity contribution in [2.24, 2.45) is 0 Å². The summed E-state index contributed by atoms with van der Waals surface area (Å²) in [5.41, 5.74) is 1.77. The van der Waals surface area contributed by atoms with Crippen molar-refractivity contribution in [2.45, 2.75) is 56.4 Å². The minimum absolute atomic E-state index is 0.209. The first-order valence-electron chi connectivity index (χ1n) is 10.5. The highest BCUT2D eigenvalue weighted by Crippen LogP contribution is 2.36. The maximum Gasteiger partial charge on any atom is 0.305 e. The number of methoxy groups -OCH3 is 1. The van der Waals surface area contributed by atoms with Crippen molar-refractivity contribution >= 4 is 38.5 Å². The minimum Gasteiger partial charge on any atom is -0.488 e. The van der Waals surface area contributed by atoms with Crippen LogP contribution in [-0.2, 0) is 32.4 Å². The van der Waals surface area contributed by atoms with E-state index < -0.39 is 10.0 Å². The Morgan fingerprint density at radius 2 is 1.97 bits per heavy atom. The van der Waals surface area contributed by atoms with Crippen molar-refractivity contribution < 1.29 is 22.7 Å². The highest BCUT2D eigenvalue weighted by molar-refractivity contribution is 7.90. The van der Waals surface area contributed by atoms with Crippen LogP contribution in [0.1, 0.15) is 44.4 Å². The number of carbonyl (C=O) groups excluding carboxylic acids is 1. The van der Waals surface area contributed by atoms with Crippen LogP contribution in [0.5, 0.6) is 5.75 Å². The third-order valence-electron chi connectivity index (χ3n) is 5.79. The molecule has 2 aromatic carbocycles. The van der Waals surface area contributed by atoms with Crippen LogP contribution in [0.25, 0.3) is 10.9 Å². The van der Waals surface area contributed by atoms with E-state index in [0.717, 1.165) is 29.5 Å². The topological polar surface area (TPSA) is 74.6 Å². The summed E-state index contributed by atoms with van der Waals surface area (Å²) in [5.74, 6) is 0.402. The fourth-order valence-electron chi connectivity index (χ4n) is 4.09. The van der Waals surface area contributed by atoms with Gasteiger partial charge in [0.05, 0.1) is 17.5 Å². The molecule has 0 bridgehead atoms. The molecule has 1 aliphatic rings. The van der Waals surface area contributed by atoms with Crippen molar-refractivity contribution in [3.63, 3.8) is 0 Å². The largest absolute Gasteiger partial charge is 0.488 e. The van der Waals surface area contributed by atoms with Gasteiger partial charge in [0, 0.05) is 22.5 Å². The van der Waals surface area contributed by atoms with Crippen LogP contribution in [-0.4, -0.2) is 31.1 Å². The number of hydrogen-bond donors (Lipinski definition) is 0. The number of hydrogen-bond acceptors (Lipinski definition) is 5. The zero-order valence-corrected chi connectivity index (χ0v) is 19.9. The average molecular weight is 476 g/mol. The second-order valence-corrected chi connectivity index (χ2v) is 10.9. The highest BCUT2D eigenvalue weighted by Gasteiger charge is 2.29. The molecule has 2 heterocycles. The summed E-state index contributed by atoms with van der Waals surface area (Å²) in [7, 11) is -2.54. The predicted octanol–water partition coefficient (Wildman–Crippen LogP) is 5.13. The monoisotopic (exact) mass is 475 g/mol. The first-order valence-corrected chi connectivity index (χ1v) is 12.4. The summed E-state index contributed by atoms with van der Waals surface area (Å²) in [5, 5.41) is 1.26. The Kier molecular flexibility index (Phi) is 5.98. The predicted molar refractivity (Wildman–Crippen MR) is 124 cm³/mol. The molecule has 0 atom stereocenters. The molecule has 1 aromatic heterocycles. The summed E-state index contributed by atoms with van der Waals surface area (Å²) in [6.45, 7) is 4.05. The van der Waals surface area contributed by atoms with Gasteiger partial charge in [0.25, 0.3) is 10.0 Å². The summed E-state index contributed by atoms with van der Waals surface area (Å²) < 4.78 is 39.6. The number of carbonyl (C=O) groups is 1. The van der Waals surface area contributed by atoms with Gasteiger partial charge in [-0.3, -0.25) is 4.79 Å². The van der Waals surface area contributed by atoms with E-state index >= 15 is 0 Å². The number of halogens is 1. The van der Waals surface area contributed by atoms with Crippen LogP contribution in [0.15, 0.2) is 47.4 Å². The zero-order valence-electron chi connectivity index (χ0n) is 18.4. The molecule has 0 saturated heterocycles. The molecule has 0 N–H and O–H groups in total. The van der Waals surface area contributed by atoms with Crippen LogP contribution in [0, 0.1) is 0 Å². The van der Waals surface area contributed by atoms with Crippen molar-refractivity contribution in [3.8, 4) is 5.75 Å². The molecule has 0 amide bonds. The molecule has 0 spiro atoms. The summed E-state index contributed by atoms with van der Waals surface area (Å²) >= 11 is 6.14. The Balaban J connectivity index is 1.77. The number of aryl methyl sites for hydroxylation is 2. The molecule has 3 aromatic rings. The molecule has 170 valence electrons. The van der Waals surface area contributed by atoms with Crippen LogP contribution >= 0.6 is 11.6 Å². The Morgan fingerprint density at radius 1 is 1.19 bits per heavy atom. The van der Waals surface area contributed by atoms with Crippen molar-refractivity contribution in [1.82, 2.24) is 3.97 Å². The Bertz CT molecular complexity index is 1290. The fraction of sp³-hybridized carbons (Fsp3) is 0.375. The van der Waals surface area contributed by atoms with Gasteiger partial charge in [-0.1, -0.05) is 11.6 Å². The zero-order chi connectivity index (χ0) is 23.1. The van der Waals surface area contributed by atoms with E-state index in [2.05, 4.69) is 0 Å². The number of benzene rings is 2. The van der Waals surface area contributed by atoms with Gasteiger partial charge in [-0.15, -0.1) is 0 Å². The van der Waals surface area contributed by atoms with E-state index in [-0.39, 0.29) is 22.9 Å². The third-order valence-corrected chi connectivity index (χ3v) is 7.78. The Hall–Kier alpha value is -2.51. The minimum atomic E-state index is -3.88. The maximum atomic E-state index is 13.8. The molecular weight excluding hydrogens is 450 g/mol. The number of nitrogens with zero attached hydrogens (tertiary/aromatic N) is 1. The smallest absolute Gasteiger partial charge is 0.305 e. The maximum absolute atomic E-state index is 13.8. The molecule has 0 unspecified atom stereocenters. The van der Waals surface area contributed by atoms with Gasteiger partial charge in [-0.05, 0) is 87.6 Å². The standard InChI is InChI=1S/C24H26ClNO5S/c1-24(2)12-11-16-15-20(8-10-22(16)31-24)32(28,29)26-19(5-4-6-23(27)30-3)14-17-13-18(25)7-9-21(17)26/h7-10,13-15H,4-6,11-12H2,1-3H3. The average Bonchev–Trinajstić information content (AvgIpc) is 3.10. The van der Waals surface area contributed by atoms with E-state index in [1.165, 1.54) is 11.1 Å². The fourth-order valence-corrected chi connectivity index (χ4v) is 5.89. The van der Waals surface area contributed by atoms with Crippen molar-refractivity contribution in [2.75, 3.05) is 7.11 Å².